The summed E-state index contributed by atoms with van der Waals surface area (Å²) < 4.78 is 6.01. The summed E-state index contributed by atoms with van der Waals surface area (Å²) in [4.78, 5) is 0. The second kappa shape index (κ2) is 10.2. The van der Waals surface area contributed by atoms with Crippen LogP contribution in [0, 0.1) is 14.3 Å². The second-order valence-electron chi connectivity index (χ2n) is 9.11. The molecule has 0 N–H and O–H groups in total. The van der Waals surface area contributed by atoms with Gasteiger partial charge in [-0.05, 0) is 0 Å². The predicted octanol–water partition coefficient (Wildman–Crippen LogP) is 1.32. The Kier molecular flexibility index (Phi) is 8.05. The molecule has 0 heterocycles. The van der Waals surface area contributed by atoms with Crippen molar-refractivity contribution >= 4 is 0 Å². The van der Waals surface area contributed by atoms with E-state index in [0.717, 1.165) is 0 Å². The van der Waals surface area contributed by atoms with Crippen LogP contribution in [0.3, 0.4) is 0 Å². The molecule has 3 aromatic carbocycles. The minimum absolute atomic E-state index is 0.106. The fourth-order valence-electron chi connectivity index (χ4n) is 3.14. The molecule has 0 nitrogen and oxygen atoms in total. The Balaban J connectivity index is 1.63. The summed E-state index contributed by atoms with van der Waals surface area (Å²) in [6.45, 7) is 13.9. The van der Waals surface area contributed by atoms with Gasteiger partial charge in [0, 0.05) is 0 Å². The second-order valence-corrected chi connectivity index (χ2v) is 15.2. The first kappa shape index (κ1) is 23.8. The SMILES string of the molecule is CCC(C)(C)c1ccc([I-]c2ccc([I-]c3ccc(C(C)(C)CC)cc3)cc2)cc1. The van der Waals surface area contributed by atoms with Crippen molar-refractivity contribution in [2.24, 2.45) is 0 Å². The maximum absolute atomic E-state index is 2.36. The van der Waals surface area contributed by atoms with Gasteiger partial charge in [-0.1, -0.05) is 0 Å². The normalized spacial score (nSPS) is 12.5. The first-order chi connectivity index (χ1) is 14.2. The monoisotopic (exact) mass is 624 g/mol. The van der Waals surface area contributed by atoms with Gasteiger partial charge in [-0.3, -0.25) is 0 Å². The Morgan fingerprint density at radius 2 is 0.700 bits per heavy atom. The van der Waals surface area contributed by atoms with Gasteiger partial charge in [0.05, 0.1) is 0 Å². The van der Waals surface area contributed by atoms with Gasteiger partial charge >= 0.3 is 206 Å². The molecule has 0 unspecified atom stereocenters. The molecule has 0 aliphatic rings. The van der Waals surface area contributed by atoms with Gasteiger partial charge < -0.3 is 0 Å². The van der Waals surface area contributed by atoms with Crippen molar-refractivity contribution in [2.45, 2.75) is 65.2 Å². The van der Waals surface area contributed by atoms with E-state index in [9.17, 15) is 0 Å². The van der Waals surface area contributed by atoms with Gasteiger partial charge in [-0.2, -0.15) is 0 Å². The third-order valence-corrected chi connectivity index (χ3v) is 11.6. The molecule has 162 valence electrons. The number of rotatable bonds is 8. The van der Waals surface area contributed by atoms with Crippen LogP contribution in [0.5, 0.6) is 0 Å². The van der Waals surface area contributed by atoms with E-state index in [1.54, 1.807) is 0 Å². The van der Waals surface area contributed by atoms with Gasteiger partial charge in [0.2, 0.25) is 0 Å². The average Bonchev–Trinajstić information content (AvgIpc) is 2.76. The predicted molar refractivity (Wildman–Crippen MR) is 121 cm³/mol. The van der Waals surface area contributed by atoms with Gasteiger partial charge in [0.15, 0.2) is 0 Å². The number of benzene rings is 3. The summed E-state index contributed by atoms with van der Waals surface area (Å²) in [7, 11) is 0. The molecule has 3 aromatic rings. The summed E-state index contributed by atoms with van der Waals surface area (Å²) >= 11 is -0.212. The van der Waals surface area contributed by atoms with Gasteiger partial charge in [-0.15, -0.1) is 0 Å². The van der Waals surface area contributed by atoms with E-state index in [4.69, 9.17) is 0 Å². The van der Waals surface area contributed by atoms with E-state index in [1.165, 1.54) is 38.2 Å². The zero-order valence-corrected chi connectivity index (χ0v) is 23.4. The summed E-state index contributed by atoms with van der Waals surface area (Å²) in [6, 6.07) is 28.2. The summed E-state index contributed by atoms with van der Waals surface area (Å²) in [5, 5.41) is 0. The molecule has 30 heavy (non-hydrogen) atoms. The van der Waals surface area contributed by atoms with Crippen molar-refractivity contribution in [3.05, 3.63) is 98.2 Å². The van der Waals surface area contributed by atoms with Crippen LogP contribution in [0.4, 0.5) is 0 Å². The van der Waals surface area contributed by atoms with Gasteiger partial charge in [0.25, 0.3) is 0 Å². The molecule has 0 atom stereocenters. The Hall–Kier alpha value is -0.880. The van der Waals surface area contributed by atoms with Crippen LogP contribution in [-0.4, -0.2) is 0 Å². The molecule has 0 aliphatic heterocycles. The molecule has 0 bridgehead atoms. The van der Waals surface area contributed by atoms with Crippen LogP contribution >= 0.6 is 0 Å². The molecular weight excluding hydrogens is 590 g/mol. The van der Waals surface area contributed by atoms with Crippen LogP contribution in [-0.2, 0) is 10.8 Å². The molecule has 0 spiro atoms. The molecule has 0 radical (unpaired) electrons. The van der Waals surface area contributed by atoms with E-state index >= 15 is 0 Å². The average molecular weight is 624 g/mol. The van der Waals surface area contributed by atoms with Crippen molar-refractivity contribution < 1.29 is 42.4 Å². The first-order valence-corrected chi connectivity index (χ1v) is 15.2. The maximum atomic E-state index is 2.36. The molecule has 0 aliphatic carbocycles. The summed E-state index contributed by atoms with van der Waals surface area (Å²) in [5.41, 5.74) is 3.44. The molecule has 3 rings (SSSR count). The topological polar surface area (TPSA) is 0 Å². The van der Waals surface area contributed by atoms with Crippen LogP contribution in [0.1, 0.15) is 65.5 Å². The standard InChI is InChI=1S/C28H34I2/c1-7-27(3,4)21-9-13-23(14-10-21)29-25-17-19-26(20-18-25)30-24-15-11-22(12-16-24)28(5,6)8-2/h9-20H,7-8H2,1-6H3/q-2. The van der Waals surface area contributed by atoms with E-state index in [0.29, 0.717) is 0 Å². The number of hydrogen-bond acceptors (Lipinski definition) is 0. The summed E-state index contributed by atoms with van der Waals surface area (Å²) in [5.74, 6) is 0. The van der Waals surface area contributed by atoms with Gasteiger partial charge in [-0.25, -0.2) is 0 Å². The van der Waals surface area contributed by atoms with Gasteiger partial charge in [0.1, 0.15) is 0 Å². The molecule has 0 fully saturated rings. The third kappa shape index (κ3) is 6.09. The van der Waals surface area contributed by atoms with E-state index in [-0.39, 0.29) is 53.2 Å². The zero-order valence-electron chi connectivity index (χ0n) is 19.1. The first-order valence-electron chi connectivity index (χ1n) is 10.8. The van der Waals surface area contributed by atoms with E-state index < -0.39 is 0 Å². The van der Waals surface area contributed by atoms with Crippen molar-refractivity contribution in [3.63, 3.8) is 0 Å². The quantitative estimate of drug-likeness (QED) is 0.332. The van der Waals surface area contributed by atoms with E-state index in [2.05, 4.69) is 114 Å². The number of halogens is 2. The van der Waals surface area contributed by atoms with Crippen molar-refractivity contribution in [2.75, 3.05) is 0 Å². The van der Waals surface area contributed by atoms with Crippen molar-refractivity contribution in [1.29, 1.82) is 0 Å². The zero-order chi connectivity index (χ0) is 21.8. The van der Waals surface area contributed by atoms with Crippen molar-refractivity contribution in [1.82, 2.24) is 0 Å². The molecule has 0 saturated heterocycles. The minimum atomic E-state index is -0.106. The molecule has 0 saturated carbocycles. The third-order valence-electron chi connectivity index (χ3n) is 6.26. The Bertz CT molecular complexity index is 853. The van der Waals surface area contributed by atoms with Crippen LogP contribution < -0.4 is 42.4 Å². The molecule has 0 aromatic heterocycles. The fourth-order valence-corrected chi connectivity index (χ4v) is 7.46. The molecule has 2 heteroatoms. The Morgan fingerprint density at radius 1 is 0.467 bits per heavy atom. The number of hydrogen-bond donors (Lipinski definition) is 0. The Morgan fingerprint density at radius 3 is 0.933 bits per heavy atom. The Labute approximate surface area is 204 Å². The van der Waals surface area contributed by atoms with E-state index in [1.807, 2.05) is 0 Å². The molecule has 0 amide bonds. The summed E-state index contributed by atoms with van der Waals surface area (Å²) in [6.07, 6.45) is 2.34. The van der Waals surface area contributed by atoms with Crippen LogP contribution in [0.2, 0.25) is 0 Å². The fraction of sp³-hybridized carbons (Fsp3) is 0.357. The van der Waals surface area contributed by atoms with Crippen LogP contribution in [0.25, 0.3) is 0 Å². The van der Waals surface area contributed by atoms with Crippen LogP contribution in [0.15, 0.2) is 72.8 Å². The van der Waals surface area contributed by atoms with Crippen molar-refractivity contribution in [3.8, 4) is 0 Å². The molecular formula is C28H34I2-2.